The van der Waals surface area contributed by atoms with Crippen LogP contribution in [0.1, 0.15) is 16.7 Å². The molecule has 0 aliphatic rings. The number of rotatable bonds is 7. The maximum Gasteiger partial charge on any atom is 0.387 e. The largest absolute Gasteiger partial charge is 0.484 e. The molecule has 2 aromatic rings. The van der Waals surface area contributed by atoms with Crippen molar-refractivity contribution < 1.29 is 23.0 Å². The Labute approximate surface area is 144 Å². The van der Waals surface area contributed by atoms with Gasteiger partial charge in [0.1, 0.15) is 11.5 Å². The highest BCUT2D eigenvalue weighted by Crippen LogP contribution is 2.16. The second kappa shape index (κ2) is 8.77. The molecule has 0 radical (unpaired) electrons. The molecule has 0 saturated heterocycles. The SMILES string of the molecule is Cc1cc(C)cc(OCC(=O)N/N=C\c2ccc(OC(F)F)cc2)c1. The number of ether oxygens (including phenoxy) is 2. The lowest BCUT2D eigenvalue weighted by Gasteiger charge is -2.07. The molecule has 0 aliphatic heterocycles. The Morgan fingerprint density at radius 3 is 2.36 bits per heavy atom. The van der Waals surface area contributed by atoms with Gasteiger partial charge in [-0.25, -0.2) is 5.43 Å². The summed E-state index contributed by atoms with van der Waals surface area (Å²) in [5.41, 5.74) is 5.05. The number of hydrogen-bond acceptors (Lipinski definition) is 4. The number of aryl methyl sites for hydroxylation is 2. The van der Waals surface area contributed by atoms with Crippen molar-refractivity contribution in [1.29, 1.82) is 0 Å². The highest BCUT2D eigenvalue weighted by atomic mass is 19.3. The van der Waals surface area contributed by atoms with Crippen LogP contribution in [0.3, 0.4) is 0 Å². The monoisotopic (exact) mass is 348 g/mol. The normalized spacial score (nSPS) is 10.9. The number of hydrazone groups is 1. The van der Waals surface area contributed by atoms with Crippen molar-refractivity contribution in [1.82, 2.24) is 5.43 Å². The summed E-state index contributed by atoms with van der Waals surface area (Å²) < 4.78 is 33.7. The number of carbonyl (C=O) groups excluding carboxylic acids is 1. The molecule has 0 bridgehead atoms. The van der Waals surface area contributed by atoms with Crippen molar-refractivity contribution in [2.45, 2.75) is 20.5 Å². The van der Waals surface area contributed by atoms with E-state index in [1.165, 1.54) is 18.3 Å². The highest BCUT2D eigenvalue weighted by molar-refractivity contribution is 5.83. The molecule has 0 spiro atoms. The molecular formula is C18H18F2N2O3. The average Bonchev–Trinajstić information content (AvgIpc) is 2.53. The fourth-order valence-electron chi connectivity index (χ4n) is 2.11. The van der Waals surface area contributed by atoms with Gasteiger partial charge in [-0.2, -0.15) is 13.9 Å². The maximum atomic E-state index is 12.0. The molecule has 0 saturated carbocycles. The van der Waals surface area contributed by atoms with E-state index in [2.05, 4.69) is 15.3 Å². The van der Waals surface area contributed by atoms with Gasteiger partial charge in [-0.05, 0) is 66.9 Å². The van der Waals surface area contributed by atoms with Gasteiger partial charge in [0.05, 0.1) is 6.21 Å². The zero-order valence-electron chi connectivity index (χ0n) is 13.8. The molecular weight excluding hydrogens is 330 g/mol. The first-order chi connectivity index (χ1) is 11.9. The predicted octanol–water partition coefficient (Wildman–Crippen LogP) is 3.43. The molecule has 25 heavy (non-hydrogen) atoms. The van der Waals surface area contributed by atoms with E-state index >= 15 is 0 Å². The number of alkyl halides is 2. The van der Waals surface area contributed by atoms with Gasteiger partial charge in [-0.15, -0.1) is 0 Å². The van der Waals surface area contributed by atoms with Crippen LogP contribution in [-0.2, 0) is 4.79 Å². The van der Waals surface area contributed by atoms with Gasteiger partial charge < -0.3 is 9.47 Å². The third-order valence-electron chi connectivity index (χ3n) is 3.07. The van der Waals surface area contributed by atoms with Crippen molar-refractivity contribution in [3.05, 3.63) is 59.2 Å². The van der Waals surface area contributed by atoms with E-state index in [1.54, 1.807) is 12.1 Å². The van der Waals surface area contributed by atoms with Crippen LogP contribution in [0.25, 0.3) is 0 Å². The Hall–Kier alpha value is -2.96. The van der Waals surface area contributed by atoms with E-state index in [0.717, 1.165) is 11.1 Å². The topological polar surface area (TPSA) is 59.9 Å². The smallest absolute Gasteiger partial charge is 0.387 e. The fraction of sp³-hybridized carbons (Fsp3) is 0.222. The van der Waals surface area contributed by atoms with E-state index in [9.17, 15) is 13.6 Å². The standard InChI is InChI=1S/C18H18F2N2O3/c1-12-7-13(2)9-16(8-12)24-11-17(23)22-21-10-14-3-5-15(6-4-14)25-18(19)20/h3-10,18H,11H2,1-2H3,(H,22,23)/b21-10-. The first-order valence-corrected chi connectivity index (χ1v) is 7.50. The van der Waals surface area contributed by atoms with Crippen LogP contribution in [0.5, 0.6) is 11.5 Å². The molecule has 0 heterocycles. The molecule has 5 nitrogen and oxygen atoms in total. The van der Waals surface area contributed by atoms with Crippen LogP contribution < -0.4 is 14.9 Å². The summed E-state index contributed by atoms with van der Waals surface area (Å²) >= 11 is 0. The van der Waals surface area contributed by atoms with E-state index in [0.29, 0.717) is 11.3 Å². The van der Waals surface area contributed by atoms with Crippen LogP contribution in [0.15, 0.2) is 47.6 Å². The maximum absolute atomic E-state index is 12.0. The van der Waals surface area contributed by atoms with E-state index < -0.39 is 12.5 Å². The minimum absolute atomic E-state index is 0.0537. The van der Waals surface area contributed by atoms with Crippen molar-refractivity contribution >= 4 is 12.1 Å². The third kappa shape index (κ3) is 6.58. The quantitative estimate of drug-likeness (QED) is 0.616. The van der Waals surface area contributed by atoms with Crippen molar-refractivity contribution in [3.63, 3.8) is 0 Å². The lowest BCUT2D eigenvalue weighted by atomic mass is 10.1. The zero-order valence-corrected chi connectivity index (χ0v) is 13.8. The molecule has 132 valence electrons. The lowest BCUT2D eigenvalue weighted by molar-refractivity contribution is -0.123. The summed E-state index contributed by atoms with van der Waals surface area (Å²) in [7, 11) is 0. The fourth-order valence-corrected chi connectivity index (χ4v) is 2.11. The Morgan fingerprint density at radius 1 is 1.12 bits per heavy atom. The van der Waals surface area contributed by atoms with Crippen LogP contribution >= 0.6 is 0 Å². The summed E-state index contributed by atoms with van der Waals surface area (Å²) in [4.78, 5) is 11.7. The summed E-state index contributed by atoms with van der Waals surface area (Å²) in [6.45, 7) is 0.862. The Bertz CT molecular complexity index is 726. The Kier molecular flexibility index (Phi) is 6.45. The van der Waals surface area contributed by atoms with E-state index in [1.807, 2.05) is 32.0 Å². The highest BCUT2D eigenvalue weighted by Gasteiger charge is 2.04. The molecule has 0 aromatic heterocycles. The molecule has 0 aliphatic carbocycles. The summed E-state index contributed by atoms with van der Waals surface area (Å²) in [5.74, 6) is 0.261. The molecule has 2 aromatic carbocycles. The lowest BCUT2D eigenvalue weighted by Crippen LogP contribution is -2.24. The number of benzene rings is 2. The molecule has 1 N–H and O–H groups in total. The predicted molar refractivity (Wildman–Crippen MR) is 90.2 cm³/mol. The summed E-state index contributed by atoms with van der Waals surface area (Å²) in [6.07, 6.45) is 1.39. The first kappa shape index (κ1) is 18.4. The number of halogens is 2. The second-order valence-electron chi connectivity index (χ2n) is 5.35. The van der Waals surface area contributed by atoms with Crippen LogP contribution in [0.2, 0.25) is 0 Å². The van der Waals surface area contributed by atoms with Crippen LogP contribution in [-0.4, -0.2) is 25.3 Å². The van der Waals surface area contributed by atoms with Crippen molar-refractivity contribution in [2.24, 2.45) is 5.10 Å². The van der Waals surface area contributed by atoms with Crippen molar-refractivity contribution in [3.8, 4) is 11.5 Å². The number of hydrogen-bond donors (Lipinski definition) is 1. The average molecular weight is 348 g/mol. The minimum Gasteiger partial charge on any atom is -0.484 e. The molecule has 1 amide bonds. The molecule has 7 heteroatoms. The number of nitrogens with one attached hydrogen (secondary N) is 1. The zero-order chi connectivity index (χ0) is 18.2. The van der Waals surface area contributed by atoms with E-state index in [-0.39, 0.29) is 12.4 Å². The van der Waals surface area contributed by atoms with Crippen LogP contribution in [0, 0.1) is 13.8 Å². The minimum atomic E-state index is -2.86. The van der Waals surface area contributed by atoms with Gasteiger partial charge in [-0.3, -0.25) is 4.79 Å². The number of nitrogens with zero attached hydrogens (tertiary/aromatic N) is 1. The molecule has 0 atom stereocenters. The Morgan fingerprint density at radius 2 is 1.76 bits per heavy atom. The third-order valence-corrected chi connectivity index (χ3v) is 3.07. The van der Waals surface area contributed by atoms with Crippen LogP contribution in [0.4, 0.5) is 8.78 Å². The van der Waals surface area contributed by atoms with Gasteiger partial charge in [0, 0.05) is 0 Å². The van der Waals surface area contributed by atoms with Gasteiger partial charge >= 0.3 is 6.61 Å². The molecule has 0 fully saturated rings. The Balaban J connectivity index is 1.80. The second-order valence-corrected chi connectivity index (χ2v) is 5.35. The van der Waals surface area contributed by atoms with Gasteiger partial charge in [0.2, 0.25) is 0 Å². The summed E-state index contributed by atoms with van der Waals surface area (Å²) in [6, 6.07) is 11.5. The van der Waals surface area contributed by atoms with E-state index in [4.69, 9.17) is 4.74 Å². The molecule has 0 unspecified atom stereocenters. The summed E-state index contributed by atoms with van der Waals surface area (Å²) in [5, 5.41) is 3.79. The number of carbonyl (C=O) groups is 1. The van der Waals surface area contributed by atoms with Gasteiger partial charge in [-0.1, -0.05) is 6.07 Å². The number of amides is 1. The first-order valence-electron chi connectivity index (χ1n) is 7.50. The molecule has 2 rings (SSSR count). The van der Waals surface area contributed by atoms with Crippen molar-refractivity contribution in [2.75, 3.05) is 6.61 Å². The van der Waals surface area contributed by atoms with Gasteiger partial charge in [0.15, 0.2) is 6.61 Å². The van der Waals surface area contributed by atoms with Gasteiger partial charge in [0.25, 0.3) is 5.91 Å².